The molecule has 4 heteroatoms. The second-order valence-electron chi connectivity index (χ2n) is 4.02. The topological polar surface area (TPSA) is 62.2 Å². The van der Waals surface area contributed by atoms with Gasteiger partial charge in [0.1, 0.15) is 0 Å². The number of hydrogen-bond donors (Lipinski definition) is 2. The van der Waals surface area contributed by atoms with Crippen LogP contribution in [0.5, 0.6) is 0 Å². The number of anilines is 1. The third-order valence-corrected chi connectivity index (χ3v) is 2.29. The van der Waals surface area contributed by atoms with E-state index < -0.39 is 6.10 Å². The molecule has 1 heterocycles. The van der Waals surface area contributed by atoms with Crippen LogP contribution in [0.3, 0.4) is 0 Å². The maximum absolute atomic E-state index is 11.5. The van der Waals surface area contributed by atoms with Crippen LogP contribution < -0.4 is 5.32 Å². The minimum atomic E-state index is -0.442. The summed E-state index contributed by atoms with van der Waals surface area (Å²) in [6.45, 7) is 5.44. The molecule has 1 unspecified atom stereocenters. The molecule has 0 aliphatic carbocycles. The van der Waals surface area contributed by atoms with Gasteiger partial charge in [0.05, 0.1) is 17.5 Å². The van der Waals surface area contributed by atoms with Gasteiger partial charge in [-0.15, -0.1) is 0 Å². The molecule has 1 amide bonds. The Kier molecular flexibility index (Phi) is 4.43. The van der Waals surface area contributed by atoms with Crippen molar-refractivity contribution in [2.24, 2.45) is 0 Å². The van der Waals surface area contributed by atoms with Gasteiger partial charge in [0, 0.05) is 12.1 Å². The van der Waals surface area contributed by atoms with Crippen LogP contribution in [0.1, 0.15) is 31.2 Å². The van der Waals surface area contributed by atoms with Crippen LogP contribution in [0.25, 0.3) is 0 Å². The van der Waals surface area contributed by atoms with Gasteiger partial charge < -0.3 is 10.4 Å². The number of carbonyl (C=O) groups is 1. The Bertz CT molecular complexity index is 375. The monoisotopic (exact) mass is 222 g/mol. The number of pyridine rings is 1. The molecule has 2 N–H and O–H groups in total. The fraction of sp³-hybridized carbons (Fsp3) is 0.500. The Morgan fingerprint density at radius 2 is 2.19 bits per heavy atom. The first-order chi connectivity index (χ1) is 7.49. The van der Waals surface area contributed by atoms with E-state index in [0.29, 0.717) is 12.8 Å². The lowest BCUT2D eigenvalue weighted by Gasteiger charge is -2.09. The van der Waals surface area contributed by atoms with Gasteiger partial charge in [-0.05, 0) is 39.3 Å². The quantitative estimate of drug-likeness (QED) is 0.816. The van der Waals surface area contributed by atoms with E-state index in [-0.39, 0.29) is 5.91 Å². The maximum atomic E-state index is 11.5. The second kappa shape index (κ2) is 5.61. The van der Waals surface area contributed by atoms with Crippen LogP contribution in [0.2, 0.25) is 0 Å². The SMILES string of the molecule is Cc1ccc(NC(=O)CCC(C)O)c(C)n1. The van der Waals surface area contributed by atoms with Crippen LogP contribution >= 0.6 is 0 Å². The van der Waals surface area contributed by atoms with Gasteiger partial charge in [0.15, 0.2) is 0 Å². The van der Waals surface area contributed by atoms with Crippen LogP contribution in [0.4, 0.5) is 5.69 Å². The molecule has 1 aromatic rings. The lowest BCUT2D eigenvalue weighted by Crippen LogP contribution is -2.15. The van der Waals surface area contributed by atoms with E-state index >= 15 is 0 Å². The first-order valence-electron chi connectivity index (χ1n) is 5.41. The molecule has 0 bridgehead atoms. The standard InChI is InChI=1S/C12H18N2O2/c1-8-4-6-11(10(3)13-8)14-12(16)7-5-9(2)15/h4,6,9,15H,5,7H2,1-3H3,(H,14,16). The Morgan fingerprint density at radius 1 is 1.50 bits per heavy atom. The zero-order valence-corrected chi connectivity index (χ0v) is 9.95. The van der Waals surface area contributed by atoms with Crippen LogP contribution in [-0.2, 0) is 4.79 Å². The molecule has 0 saturated carbocycles. The van der Waals surface area contributed by atoms with Crippen LogP contribution in [-0.4, -0.2) is 22.1 Å². The number of carbonyl (C=O) groups excluding carboxylic acids is 1. The van der Waals surface area contributed by atoms with Crippen molar-refractivity contribution in [3.05, 3.63) is 23.5 Å². The lowest BCUT2D eigenvalue weighted by molar-refractivity contribution is -0.116. The van der Waals surface area contributed by atoms with Gasteiger partial charge in [-0.1, -0.05) is 0 Å². The molecule has 88 valence electrons. The Hall–Kier alpha value is -1.42. The molecule has 1 rings (SSSR count). The number of aliphatic hydroxyl groups excluding tert-OH is 1. The van der Waals surface area contributed by atoms with Crippen molar-refractivity contribution in [2.45, 2.75) is 39.7 Å². The number of amides is 1. The molecular formula is C12H18N2O2. The minimum Gasteiger partial charge on any atom is -0.393 e. The smallest absolute Gasteiger partial charge is 0.224 e. The Balaban J connectivity index is 2.56. The second-order valence-corrected chi connectivity index (χ2v) is 4.02. The molecule has 0 aliphatic rings. The maximum Gasteiger partial charge on any atom is 0.224 e. The van der Waals surface area contributed by atoms with E-state index in [0.717, 1.165) is 17.1 Å². The van der Waals surface area contributed by atoms with Crippen LogP contribution in [0, 0.1) is 13.8 Å². The average Bonchev–Trinajstić information content (AvgIpc) is 2.19. The first kappa shape index (κ1) is 12.6. The first-order valence-corrected chi connectivity index (χ1v) is 5.41. The molecule has 4 nitrogen and oxygen atoms in total. The van der Waals surface area contributed by atoms with Gasteiger partial charge in [0.2, 0.25) is 5.91 Å². The van der Waals surface area contributed by atoms with Crippen molar-refractivity contribution in [1.29, 1.82) is 0 Å². The summed E-state index contributed by atoms with van der Waals surface area (Å²) in [5.41, 5.74) is 2.48. The number of aliphatic hydroxyl groups is 1. The lowest BCUT2D eigenvalue weighted by atomic mass is 10.2. The van der Waals surface area contributed by atoms with E-state index in [9.17, 15) is 4.79 Å². The fourth-order valence-electron chi connectivity index (χ4n) is 1.37. The van der Waals surface area contributed by atoms with Crippen molar-refractivity contribution in [2.75, 3.05) is 5.32 Å². The summed E-state index contributed by atoms with van der Waals surface area (Å²) in [6.07, 6.45) is 0.359. The van der Waals surface area contributed by atoms with E-state index in [2.05, 4.69) is 10.3 Å². The highest BCUT2D eigenvalue weighted by atomic mass is 16.3. The highest BCUT2D eigenvalue weighted by Crippen LogP contribution is 2.13. The molecule has 0 aliphatic heterocycles. The average molecular weight is 222 g/mol. The summed E-state index contributed by atoms with van der Waals surface area (Å²) >= 11 is 0. The van der Waals surface area contributed by atoms with Gasteiger partial charge in [-0.3, -0.25) is 9.78 Å². The predicted octanol–water partition coefficient (Wildman–Crippen LogP) is 1.80. The highest BCUT2D eigenvalue weighted by molar-refractivity contribution is 5.91. The zero-order chi connectivity index (χ0) is 12.1. The molecular weight excluding hydrogens is 204 g/mol. The summed E-state index contributed by atoms with van der Waals surface area (Å²) in [5.74, 6) is -0.0883. The van der Waals surface area contributed by atoms with Gasteiger partial charge in [0.25, 0.3) is 0 Å². The van der Waals surface area contributed by atoms with E-state index in [4.69, 9.17) is 5.11 Å². The summed E-state index contributed by atoms with van der Waals surface area (Å²) in [6, 6.07) is 3.70. The molecule has 16 heavy (non-hydrogen) atoms. The van der Waals surface area contributed by atoms with E-state index in [1.165, 1.54) is 0 Å². The number of rotatable bonds is 4. The number of hydrogen-bond acceptors (Lipinski definition) is 3. The summed E-state index contributed by atoms with van der Waals surface area (Å²) in [5, 5.41) is 11.8. The molecule has 0 aromatic carbocycles. The van der Waals surface area contributed by atoms with Crippen molar-refractivity contribution in [3.63, 3.8) is 0 Å². The summed E-state index contributed by atoms with van der Waals surface area (Å²) < 4.78 is 0. The molecule has 1 atom stereocenters. The minimum absolute atomic E-state index is 0.0883. The normalized spacial score (nSPS) is 12.2. The molecule has 1 aromatic heterocycles. The third kappa shape index (κ3) is 3.98. The van der Waals surface area contributed by atoms with Crippen molar-refractivity contribution in [3.8, 4) is 0 Å². The molecule has 0 saturated heterocycles. The number of nitrogens with zero attached hydrogens (tertiary/aromatic N) is 1. The number of aryl methyl sites for hydroxylation is 2. The molecule has 0 radical (unpaired) electrons. The molecule has 0 spiro atoms. The zero-order valence-electron chi connectivity index (χ0n) is 9.95. The van der Waals surface area contributed by atoms with Crippen LogP contribution in [0.15, 0.2) is 12.1 Å². The Labute approximate surface area is 95.7 Å². The van der Waals surface area contributed by atoms with E-state index in [1.807, 2.05) is 26.0 Å². The highest BCUT2D eigenvalue weighted by Gasteiger charge is 2.06. The fourth-order valence-corrected chi connectivity index (χ4v) is 1.37. The van der Waals surface area contributed by atoms with Gasteiger partial charge >= 0.3 is 0 Å². The van der Waals surface area contributed by atoms with Gasteiger partial charge in [-0.2, -0.15) is 0 Å². The summed E-state index contributed by atoms with van der Waals surface area (Å²) in [7, 11) is 0. The summed E-state index contributed by atoms with van der Waals surface area (Å²) in [4.78, 5) is 15.8. The predicted molar refractivity (Wildman–Crippen MR) is 63.3 cm³/mol. The van der Waals surface area contributed by atoms with E-state index in [1.54, 1.807) is 6.92 Å². The largest absolute Gasteiger partial charge is 0.393 e. The molecule has 0 fully saturated rings. The van der Waals surface area contributed by atoms with Crippen molar-refractivity contribution < 1.29 is 9.90 Å². The van der Waals surface area contributed by atoms with Gasteiger partial charge in [-0.25, -0.2) is 0 Å². The van der Waals surface area contributed by atoms with Crippen molar-refractivity contribution in [1.82, 2.24) is 4.98 Å². The number of nitrogens with one attached hydrogen (secondary N) is 1. The third-order valence-electron chi connectivity index (χ3n) is 2.29. The number of aromatic nitrogens is 1. The Morgan fingerprint density at radius 3 is 2.75 bits per heavy atom. The van der Waals surface area contributed by atoms with Crippen molar-refractivity contribution >= 4 is 11.6 Å².